The quantitative estimate of drug-likeness (QED) is 0.426. The van der Waals surface area contributed by atoms with Gasteiger partial charge in [0.1, 0.15) is 0 Å². The van der Waals surface area contributed by atoms with Gasteiger partial charge in [0.05, 0.1) is 5.02 Å². The molecule has 0 aliphatic heterocycles. The lowest BCUT2D eigenvalue weighted by Crippen LogP contribution is -2.05. The zero-order chi connectivity index (χ0) is 20.1. The summed E-state index contributed by atoms with van der Waals surface area (Å²) in [7, 11) is -4.82. The summed E-state index contributed by atoms with van der Waals surface area (Å²) in [5.41, 5.74) is 3.31. The first-order chi connectivity index (χ1) is 13.4. The molecule has 3 aromatic carbocycles. The Morgan fingerprint density at radius 3 is 1.96 bits per heavy atom. The molecule has 2 N–H and O–H groups in total. The van der Waals surface area contributed by atoms with E-state index in [0.29, 0.717) is 29.5 Å². The van der Waals surface area contributed by atoms with E-state index in [4.69, 9.17) is 16.1 Å². The molecule has 7 heteroatoms. The second kappa shape index (κ2) is 8.72. The molecule has 0 saturated carbocycles. The fourth-order valence-electron chi connectivity index (χ4n) is 3.04. The van der Waals surface area contributed by atoms with Gasteiger partial charge in [0, 0.05) is 5.56 Å². The SMILES string of the molecule is O=Cc1c(Cc2ccccc2)cc(OP(=O)(O)O)c(Cl)c1Cc1ccccc1. The van der Waals surface area contributed by atoms with Gasteiger partial charge in [-0.05, 0) is 41.2 Å². The molecular formula is C21H18ClO5P. The summed E-state index contributed by atoms with van der Waals surface area (Å²) < 4.78 is 16.2. The Hall–Kier alpha value is -2.43. The van der Waals surface area contributed by atoms with E-state index in [-0.39, 0.29) is 10.8 Å². The van der Waals surface area contributed by atoms with Gasteiger partial charge < -0.3 is 4.52 Å². The van der Waals surface area contributed by atoms with Crippen molar-refractivity contribution in [1.29, 1.82) is 0 Å². The van der Waals surface area contributed by atoms with Gasteiger partial charge in [0.15, 0.2) is 12.0 Å². The molecule has 0 amide bonds. The predicted octanol–water partition coefficient (Wildman–Crippen LogP) is 4.81. The lowest BCUT2D eigenvalue weighted by molar-refractivity contribution is 0.112. The largest absolute Gasteiger partial charge is 0.524 e. The van der Waals surface area contributed by atoms with Crippen LogP contribution in [0.15, 0.2) is 66.7 Å². The molecule has 0 aromatic heterocycles. The van der Waals surface area contributed by atoms with Gasteiger partial charge in [-0.2, -0.15) is 0 Å². The fraction of sp³-hybridized carbons (Fsp3) is 0.0952. The van der Waals surface area contributed by atoms with Crippen molar-refractivity contribution in [2.45, 2.75) is 12.8 Å². The molecule has 0 atom stereocenters. The molecule has 0 heterocycles. The van der Waals surface area contributed by atoms with Crippen LogP contribution < -0.4 is 4.52 Å². The summed E-state index contributed by atoms with van der Waals surface area (Å²) in [5, 5.41) is 0.0195. The highest BCUT2D eigenvalue weighted by molar-refractivity contribution is 7.46. The van der Waals surface area contributed by atoms with Gasteiger partial charge in [-0.3, -0.25) is 14.6 Å². The van der Waals surface area contributed by atoms with Crippen LogP contribution in [0.25, 0.3) is 0 Å². The Balaban J connectivity index is 2.14. The maximum atomic E-state index is 11.9. The number of hydrogen-bond donors (Lipinski definition) is 2. The van der Waals surface area contributed by atoms with Crippen LogP contribution in [0, 0.1) is 0 Å². The Morgan fingerprint density at radius 2 is 1.46 bits per heavy atom. The van der Waals surface area contributed by atoms with Gasteiger partial charge in [0.2, 0.25) is 0 Å². The normalized spacial score (nSPS) is 11.2. The van der Waals surface area contributed by atoms with E-state index in [1.165, 1.54) is 6.07 Å². The highest BCUT2D eigenvalue weighted by atomic mass is 35.5. The van der Waals surface area contributed by atoms with Gasteiger partial charge in [0.25, 0.3) is 0 Å². The van der Waals surface area contributed by atoms with E-state index in [9.17, 15) is 19.1 Å². The van der Waals surface area contributed by atoms with E-state index in [0.717, 1.165) is 17.4 Å². The molecule has 5 nitrogen and oxygen atoms in total. The Morgan fingerprint density at radius 1 is 0.929 bits per heavy atom. The zero-order valence-electron chi connectivity index (χ0n) is 14.8. The lowest BCUT2D eigenvalue weighted by Gasteiger charge is -2.17. The van der Waals surface area contributed by atoms with Crippen molar-refractivity contribution >= 4 is 25.7 Å². The van der Waals surface area contributed by atoms with Gasteiger partial charge in [-0.15, -0.1) is 0 Å². The van der Waals surface area contributed by atoms with Crippen LogP contribution in [-0.2, 0) is 17.4 Å². The van der Waals surface area contributed by atoms with Gasteiger partial charge in [-0.25, -0.2) is 4.57 Å². The molecule has 0 bridgehead atoms. The molecule has 0 spiro atoms. The Kier molecular flexibility index (Phi) is 6.32. The van der Waals surface area contributed by atoms with E-state index in [2.05, 4.69) is 0 Å². The van der Waals surface area contributed by atoms with E-state index in [1.54, 1.807) is 0 Å². The van der Waals surface area contributed by atoms with Crippen LogP contribution in [0.1, 0.15) is 32.6 Å². The molecule has 28 heavy (non-hydrogen) atoms. The minimum atomic E-state index is -4.82. The third kappa shape index (κ3) is 5.09. The molecule has 3 rings (SSSR count). The van der Waals surface area contributed by atoms with Crippen molar-refractivity contribution in [3.05, 3.63) is 99.6 Å². The third-order valence-corrected chi connectivity index (χ3v) is 5.10. The zero-order valence-corrected chi connectivity index (χ0v) is 16.4. The number of phosphoric ester groups is 1. The lowest BCUT2D eigenvalue weighted by atomic mass is 9.92. The molecule has 0 aliphatic carbocycles. The maximum Gasteiger partial charge on any atom is 0.524 e. The highest BCUT2D eigenvalue weighted by Gasteiger charge is 2.23. The van der Waals surface area contributed by atoms with Crippen molar-refractivity contribution in [1.82, 2.24) is 0 Å². The Bertz CT molecular complexity index is 1020. The molecular weight excluding hydrogens is 399 g/mol. The second-order valence-corrected chi connectivity index (χ2v) is 7.81. The van der Waals surface area contributed by atoms with Crippen molar-refractivity contribution in [2.24, 2.45) is 0 Å². The van der Waals surface area contributed by atoms with Crippen LogP contribution in [0.2, 0.25) is 5.02 Å². The molecule has 0 aliphatic rings. The average molecular weight is 417 g/mol. The van der Waals surface area contributed by atoms with Gasteiger partial charge >= 0.3 is 7.82 Å². The number of aldehydes is 1. The molecule has 144 valence electrons. The van der Waals surface area contributed by atoms with Crippen molar-refractivity contribution < 1.29 is 23.7 Å². The number of hydrogen-bond acceptors (Lipinski definition) is 3. The summed E-state index contributed by atoms with van der Waals surface area (Å²) in [4.78, 5) is 30.4. The topological polar surface area (TPSA) is 83.8 Å². The highest BCUT2D eigenvalue weighted by Crippen LogP contribution is 2.44. The number of carbonyl (C=O) groups excluding carboxylic acids is 1. The Labute approximate surface area is 167 Å². The summed E-state index contributed by atoms with van der Waals surface area (Å²) in [5.74, 6) is -0.141. The predicted molar refractivity (Wildman–Crippen MR) is 108 cm³/mol. The van der Waals surface area contributed by atoms with Crippen LogP contribution >= 0.6 is 19.4 Å². The third-order valence-electron chi connectivity index (χ3n) is 4.25. The van der Waals surface area contributed by atoms with Crippen molar-refractivity contribution in [3.8, 4) is 5.75 Å². The van der Waals surface area contributed by atoms with Crippen LogP contribution in [0.3, 0.4) is 0 Å². The smallest absolute Gasteiger partial charge is 0.403 e. The van der Waals surface area contributed by atoms with Crippen molar-refractivity contribution in [3.63, 3.8) is 0 Å². The number of phosphoric acid groups is 1. The van der Waals surface area contributed by atoms with E-state index in [1.807, 2.05) is 60.7 Å². The van der Waals surface area contributed by atoms with Gasteiger partial charge in [-0.1, -0.05) is 72.3 Å². The first kappa shape index (κ1) is 20.3. The summed E-state index contributed by atoms with van der Waals surface area (Å²) >= 11 is 6.40. The first-order valence-electron chi connectivity index (χ1n) is 8.50. The van der Waals surface area contributed by atoms with Crippen LogP contribution in [0.5, 0.6) is 5.75 Å². The molecule has 0 saturated heterocycles. The maximum absolute atomic E-state index is 11.9. The summed E-state index contributed by atoms with van der Waals surface area (Å²) in [6, 6.07) is 20.3. The first-order valence-corrected chi connectivity index (χ1v) is 10.4. The van der Waals surface area contributed by atoms with Crippen LogP contribution in [-0.4, -0.2) is 16.1 Å². The molecule has 0 unspecified atom stereocenters. The molecule has 0 radical (unpaired) electrons. The number of carbonyl (C=O) groups is 1. The van der Waals surface area contributed by atoms with E-state index >= 15 is 0 Å². The minimum absolute atomic E-state index is 0.0195. The summed E-state index contributed by atoms with van der Waals surface area (Å²) in [6.07, 6.45) is 1.45. The minimum Gasteiger partial charge on any atom is -0.403 e. The molecule has 0 fully saturated rings. The number of rotatable bonds is 7. The molecule has 3 aromatic rings. The average Bonchev–Trinajstić information content (AvgIpc) is 2.66. The fourth-order valence-corrected chi connectivity index (χ4v) is 3.75. The number of benzene rings is 3. The number of halogens is 1. The summed E-state index contributed by atoms with van der Waals surface area (Å²) in [6.45, 7) is 0. The van der Waals surface area contributed by atoms with Crippen LogP contribution in [0.4, 0.5) is 0 Å². The van der Waals surface area contributed by atoms with Crippen molar-refractivity contribution in [2.75, 3.05) is 0 Å². The standard InChI is InChI=1S/C21H18ClO5P/c22-21-18(12-16-9-5-2-6-10-16)19(14-23)17(11-15-7-3-1-4-8-15)13-20(21)27-28(24,25)26/h1-10,13-14H,11-12H2,(H2,24,25,26). The monoisotopic (exact) mass is 416 g/mol. The second-order valence-electron chi connectivity index (χ2n) is 6.26. The van der Waals surface area contributed by atoms with E-state index < -0.39 is 7.82 Å².